The van der Waals surface area contributed by atoms with Gasteiger partial charge in [0.15, 0.2) is 5.43 Å². The van der Waals surface area contributed by atoms with Crippen molar-refractivity contribution >= 4 is 17.2 Å². The number of aromatic nitrogens is 1. The minimum atomic E-state index is -0.0801. The van der Waals surface area contributed by atoms with Gasteiger partial charge in [0.1, 0.15) is 5.82 Å². The number of anilines is 2. The van der Waals surface area contributed by atoms with E-state index < -0.39 is 0 Å². The summed E-state index contributed by atoms with van der Waals surface area (Å²) in [5.74, 6) is 0.644. The lowest BCUT2D eigenvalue weighted by Crippen LogP contribution is -2.23. The van der Waals surface area contributed by atoms with Crippen molar-refractivity contribution in [3.63, 3.8) is 0 Å². The van der Waals surface area contributed by atoms with Gasteiger partial charge in [0.05, 0.1) is 11.4 Å². The van der Waals surface area contributed by atoms with E-state index in [4.69, 9.17) is 5.73 Å². The summed E-state index contributed by atoms with van der Waals surface area (Å²) >= 11 is 0. The van der Waals surface area contributed by atoms with Crippen LogP contribution >= 0.6 is 0 Å². The van der Waals surface area contributed by atoms with E-state index in [0.717, 1.165) is 17.1 Å². The fourth-order valence-corrected chi connectivity index (χ4v) is 3.04. The van der Waals surface area contributed by atoms with Crippen LogP contribution in [0.25, 0.3) is 11.4 Å². The predicted molar refractivity (Wildman–Crippen MR) is 137 cm³/mol. The molecule has 2 aromatic carbocycles. The van der Waals surface area contributed by atoms with Crippen LogP contribution in [-0.4, -0.2) is 4.57 Å². The Labute approximate surface area is 190 Å². The summed E-state index contributed by atoms with van der Waals surface area (Å²) in [7, 11) is 0. The van der Waals surface area contributed by atoms with Crippen LogP contribution in [0.1, 0.15) is 32.0 Å². The first kappa shape index (κ1) is 24.3. The Kier molecular flexibility index (Phi) is 9.11. The monoisotopic (exact) mass is 428 g/mol. The minimum Gasteiger partial charge on any atom is -0.403 e. The van der Waals surface area contributed by atoms with Gasteiger partial charge in [-0.2, -0.15) is 0 Å². The zero-order valence-corrected chi connectivity index (χ0v) is 19.2. The molecule has 0 saturated heterocycles. The van der Waals surface area contributed by atoms with E-state index in [1.807, 2.05) is 98.2 Å². The van der Waals surface area contributed by atoms with E-state index in [-0.39, 0.29) is 5.43 Å². The number of hydrogen-bond acceptors (Lipinski definition) is 4. The summed E-state index contributed by atoms with van der Waals surface area (Å²) in [5.41, 5.74) is 10.2. The highest BCUT2D eigenvalue weighted by Gasteiger charge is 2.18. The SMILES string of the molecule is C/C=C\C.C=C(C)N/C(=C/N)c1c(C)c(=O)cc(Nc2ccccc2)n1-c1ccccc1. The van der Waals surface area contributed by atoms with Crippen molar-refractivity contribution in [3.8, 4) is 5.69 Å². The average Bonchev–Trinajstić information content (AvgIpc) is 2.81. The molecule has 5 heteroatoms. The quantitative estimate of drug-likeness (QED) is 0.431. The molecule has 0 spiro atoms. The number of nitrogens with two attached hydrogens (primary N) is 1. The molecule has 1 heterocycles. The zero-order valence-electron chi connectivity index (χ0n) is 19.2. The van der Waals surface area contributed by atoms with Crippen LogP contribution in [-0.2, 0) is 0 Å². The Morgan fingerprint density at radius 3 is 2.06 bits per heavy atom. The minimum absolute atomic E-state index is 0.0801. The van der Waals surface area contributed by atoms with Crippen LogP contribution in [0.3, 0.4) is 0 Å². The van der Waals surface area contributed by atoms with Crippen molar-refractivity contribution in [2.75, 3.05) is 5.32 Å². The van der Waals surface area contributed by atoms with Gasteiger partial charge >= 0.3 is 0 Å². The molecule has 0 unspecified atom stereocenters. The van der Waals surface area contributed by atoms with Crippen molar-refractivity contribution in [1.29, 1.82) is 0 Å². The third-order valence-electron chi connectivity index (χ3n) is 4.62. The smallest absolute Gasteiger partial charge is 0.187 e. The number of rotatable bonds is 6. The molecular weight excluding hydrogens is 396 g/mol. The first-order valence-electron chi connectivity index (χ1n) is 10.5. The Hall–Kier alpha value is -3.99. The summed E-state index contributed by atoms with van der Waals surface area (Å²) in [6.45, 7) is 11.5. The van der Waals surface area contributed by atoms with Crippen LogP contribution in [0.5, 0.6) is 0 Å². The molecule has 5 nitrogen and oxygen atoms in total. The molecule has 3 rings (SSSR count). The van der Waals surface area contributed by atoms with E-state index in [9.17, 15) is 4.79 Å². The molecule has 166 valence electrons. The summed E-state index contributed by atoms with van der Waals surface area (Å²) in [6, 6.07) is 21.2. The zero-order chi connectivity index (χ0) is 23.5. The number of allylic oxidation sites excluding steroid dienone is 3. The second-order valence-electron chi connectivity index (χ2n) is 7.18. The van der Waals surface area contributed by atoms with Crippen LogP contribution in [0.15, 0.2) is 102 Å². The van der Waals surface area contributed by atoms with Crippen molar-refractivity contribution in [3.05, 3.63) is 119 Å². The molecule has 3 aromatic rings. The number of nitrogens with zero attached hydrogens (tertiary/aromatic N) is 1. The van der Waals surface area contributed by atoms with Gasteiger partial charge in [-0.1, -0.05) is 55.1 Å². The Morgan fingerprint density at radius 2 is 1.56 bits per heavy atom. The summed E-state index contributed by atoms with van der Waals surface area (Å²) < 4.78 is 1.98. The number of pyridine rings is 1. The van der Waals surface area contributed by atoms with Crippen molar-refractivity contribution in [2.24, 2.45) is 5.73 Å². The van der Waals surface area contributed by atoms with Crippen molar-refractivity contribution in [1.82, 2.24) is 9.88 Å². The van der Waals surface area contributed by atoms with Crippen molar-refractivity contribution in [2.45, 2.75) is 27.7 Å². The molecule has 0 saturated carbocycles. The third kappa shape index (κ3) is 6.25. The Balaban J connectivity index is 0.000000837. The van der Waals surface area contributed by atoms with E-state index in [0.29, 0.717) is 22.8 Å². The number of benzene rings is 2. The number of nitrogens with one attached hydrogen (secondary N) is 2. The predicted octanol–water partition coefficient (Wildman–Crippen LogP) is 5.85. The van der Waals surface area contributed by atoms with Crippen molar-refractivity contribution < 1.29 is 0 Å². The summed E-state index contributed by atoms with van der Waals surface area (Å²) in [6.07, 6.45) is 5.46. The summed E-state index contributed by atoms with van der Waals surface area (Å²) in [5, 5.41) is 6.53. The van der Waals surface area contributed by atoms with Crippen LogP contribution < -0.4 is 21.8 Å². The first-order valence-corrected chi connectivity index (χ1v) is 10.5. The molecule has 0 bridgehead atoms. The second kappa shape index (κ2) is 12.0. The van der Waals surface area contributed by atoms with Gasteiger partial charge in [0.2, 0.25) is 0 Å². The molecule has 4 N–H and O–H groups in total. The molecule has 0 aliphatic carbocycles. The van der Waals surface area contributed by atoms with Gasteiger partial charge in [-0.15, -0.1) is 0 Å². The van der Waals surface area contributed by atoms with E-state index in [1.54, 1.807) is 13.0 Å². The number of hydrogen-bond donors (Lipinski definition) is 3. The standard InChI is InChI=1S/C23H24N4O.C4H8/c1-16(2)25-20(15-24)23-17(3)21(28)14-22(26-18-10-6-4-7-11-18)27(23)19-12-8-5-9-13-19;1-3-4-2/h4-15,25-26H,1,24H2,2-3H3;3-4H,1-2H3/b20-15+;4-3-. The van der Waals surface area contributed by atoms with E-state index >= 15 is 0 Å². The van der Waals surface area contributed by atoms with Gasteiger partial charge in [0.25, 0.3) is 0 Å². The third-order valence-corrected chi connectivity index (χ3v) is 4.62. The molecule has 0 atom stereocenters. The molecule has 32 heavy (non-hydrogen) atoms. The normalized spacial score (nSPS) is 10.9. The van der Waals surface area contributed by atoms with Crippen LogP contribution in [0, 0.1) is 6.92 Å². The molecule has 0 aliphatic heterocycles. The van der Waals surface area contributed by atoms with E-state index in [2.05, 4.69) is 17.2 Å². The fourth-order valence-electron chi connectivity index (χ4n) is 3.04. The maximum Gasteiger partial charge on any atom is 0.187 e. The van der Waals surface area contributed by atoms with Gasteiger partial charge in [-0.05, 0) is 52.0 Å². The highest BCUT2D eigenvalue weighted by atomic mass is 16.1. The van der Waals surface area contributed by atoms with Crippen LogP contribution in [0.4, 0.5) is 11.5 Å². The fraction of sp³-hybridized carbons (Fsp3) is 0.148. The highest BCUT2D eigenvalue weighted by molar-refractivity contribution is 5.71. The summed E-state index contributed by atoms with van der Waals surface area (Å²) in [4.78, 5) is 12.8. The largest absolute Gasteiger partial charge is 0.403 e. The highest BCUT2D eigenvalue weighted by Crippen LogP contribution is 2.26. The van der Waals surface area contributed by atoms with E-state index in [1.165, 1.54) is 6.20 Å². The van der Waals surface area contributed by atoms with Gasteiger partial charge in [-0.25, -0.2) is 0 Å². The molecule has 1 aromatic heterocycles. The number of para-hydroxylation sites is 2. The van der Waals surface area contributed by atoms with Gasteiger partial charge < -0.3 is 16.4 Å². The van der Waals surface area contributed by atoms with Gasteiger partial charge in [-0.3, -0.25) is 9.36 Å². The average molecular weight is 429 g/mol. The van der Waals surface area contributed by atoms with Crippen LogP contribution in [0.2, 0.25) is 0 Å². The Morgan fingerprint density at radius 1 is 1.00 bits per heavy atom. The lowest BCUT2D eigenvalue weighted by Gasteiger charge is -2.23. The lowest BCUT2D eigenvalue weighted by molar-refractivity contribution is 0.958. The molecule has 0 radical (unpaired) electrons. The Bertz CT molecular complexity index is 1140. The lowest BCUT2D eigenvalue weighted by atomic mass is 10.1. The topological polar surface area (TPSA) is 72.1 Å². The molecule has 0 amide bonds. The maximum absolute atomic E-state index is 12.8. The molecular formula is C27H32N4O. The second-order valence-corrected chi connectivity index (χ2v) is 7.18. The molecule has 0 aliphatic rings. The first-order chi connectivity index (χ1) is 15.4. The van der Waals surface area contributed by atoms with Gasteiger partial charge in [0, 0.05) is 34.9 Å². The molecule has 0 fully saturated rings. The maximum atomic E-state index is 12.8.